The van der Waals surface area contributed by atoms with Crippen molar-refractivity contribution < 1.29 is 9.84 Å². The first-order valence-electron chi connectivity index (χ1n) is 8.34. The van der Waals surface area contributed by atoms with E-state index in [0.717, 1.165) is 64.0 Å². The molecule has 0 spiro atoms. The predicted molar refractivity (Wildman–Crippen MR) is 108 cm³/mol. The van der Waals surface area contributed by atoms with Crippen LogP contribution in [0.15, 0.2) is 29.3 Å². The monoisotopic (exact) mass is 446 g/mol. The summed E-state index contributed by atoms with van der Waals surface area (Å²) < 4.78 is 5.42. The molecule has 0 aliphatic carbocycles. The van der Waals surface area contributed by atoms with Crippen molar-refractivity contribution >= 4 is 35.6 Å². The van der Waals surface area contributed by atoms with Crippen LogP contribution in [-0.2, 0) is 4.74 Å². The van der Waals surface area contributed by atoms with Gasteiger partial charge >= 0.3 is 0 Å². The van der Waals surface area contributed by atoms with Gasteiger partial charge in [0.05, 0.1) is 12.3 Å². The van der Waals surface area contributed by atoms with Crippen LogP contribution in [0.5, 0.6) is 5.75 Å². The number of ether oxygens (including phenoxy) is 1. The lowest BCUT2D eigenvalue weighted by Crippen LogP contribution is -2.53. The van der Waals surface area contributed by atoms with E-state index in [-0.39, 0.29) is 24.0 Å². The lowest BCUT2D eigenvalue weighted by Gasteiger charge is -2.38. The molecule has 2 aliphatic rings. The number of aliphatic imine (C=N–C) groups is 1. The second-order valence-corrected chi connectivity index (χ2v) is 6.12. The largest absolute Gasteiger partial charge is 0.506 e. The fraction of sp³-hybridized carbons (Fsp3) is 0.588. The van der Waals surface area contributed by atoms with E-state index in [9.17, 15) is 5.11 Å². The number of guanidine groups is 1. The van der Waals surface area contributed by atoms with E-state index in [1.807, 2.05) is 25.2 Å². The maximum Gasteiger partial charge on any atom is 0.193 e. The third-order valence-electron chi connectivity index (χ3n) is 4.59. The number of rotatable bonds is 3. The van der Waals surface area contributed by atoms with Gasteiger partial charge in [0.2, 0.25) is 0 Å². The van der Waals surface area contributed by atoms with Gasteiger partial charge in [-0.3, -0.25) is 4.99 Å². The van der Waals surface area contributed by atoms with E-state index in [0.29, 0.717) is 11.7 Å². The number of anilines is 1. The molecule has 0 saturated carbocycles. The summed E-state index contributed by atoms with van der Waals surface area (Å²) >= 11 is 0. The third kappa shape index (κ3) is 4.66. The molecule has 1 aromatic carbocycles. The number of aromatic hydroxyl groups is 1. The Kier molecular flexibility index (Phi) is 7.41. The average Bonchev–Trinajstić information content (AvgIpc) is 3.10. The van der Waals surface area contributed by atoms with Crippen LogP contribution in [0.3, 0.4) is 0 Å². The van der Waals surface area contributed by atoms with Gasteiger partial charge in [0, 0.05) is 52.3 Å². The summed E-state index contributed by atoms with van der Waals surface area (Å²) in [6.07, 6.45) is 1.13. The van der Waals surface area contributed by atoms with Crippen molar-refractivity contribution in [1.29, 1.82) is 0 Å². The maximum atomic E-state index is 9.99. The molecule has 0 radical (unpaired) electrons. The molecule has 2 saturated heterocycles. The van der Waals surface area contributed by atoms with Crippen LogP contribution in [0.25, 0.3) is 0 Å². The first-order chi connectivity index (χ1) is 11.3. The van der Waals surface area contributed by atoms with E-state index in [1.54, 1.807) is 6.07 Å². The van der Waals surface area contributed by atoms with Gasteiger partial charge in [-0.25, -0.2) is 0 Å². The molecule has 3 rings (SSSR count). The Labute approximate surface area is 160 Å². The van der Waals surface area contributed by atoms with Gasteiger partial charge in [-0.1, -0.05) is 12.1 Å². The molecule has 6 nitrogen and oxygen atoms in total. The van der Waals surface area contributed by atoms with Crippen molar-refractivity contribution in [3.63, 3.8) is 0 Å². The van der Waals surface area contributed by atoms with Gasteiger partial charge in [0.15, 0.2) is 5.96 Å². The summed E-state index contributed by atoms with van der Waals surface area (Å²) in [4.78, 5) is 8.92. The predicted octanol–water partition coefficient (Wildman–Crippen LogP) is 1.74. The number of halogens is 1. The van der Waals surface area contributed by atoms with Crippen molar-refractivity contribution in [2.24, 2.45) is 10.9 Å². The van der Waals surface area contributed by atoms with Crippen molar-refractivity contribution in [3.05, 3.63) is 24.3 Å². The van der Waals surface area contributed by atoms with Gasteiger partial charge in [0.1, 0.15) is 5.75 Å². The number of phenols is 1. The van der Waals surface area contributed by atoms with E-state index < -0.39 is 0 Å². The minimum atomic E-state index is 0. The topological polar surface area (TPSA) is 60.3 Å². The van der Waals surface area contributed by atoms with E-state index in [2.05, 4.69) is 20.1 Å². The van der Waals surface area contributed by atoms with E-state index in [1.165, 1.54) is 0 Å². The van der Waals surface area contributed by atoms with Crippen LogP contribution in [0, 0.1) is 5.92 Å². The van der Waals surface area contributed by atoms with Crippen LogP contribution in [0.2, 0.25) is 0 Å². The first-order valence-corrected chi connectivity index (χ1v) is 8.34. The highest BCUT2D eigenvalue weighted by atomic mass is 127. The maximum absolute atomic E-state index is 9.99. The number of piperazine rings is 1. The Bertz CT molecular complexity index is 541. The van der Waals surface area contributed by atoms with Crippen LogP contribution < -0.4 is 10.2 Å². The lowest BCUT2D eigenvalue weighted by atomic mass is 10.1. The number of hydrogen-bond donors (Lipinski definition) is 2. The minimum Gasteiger partial charge on any atom is -0.506 e. The molecule has 0 aromatic heterocycles. The summed E-state index contributed by atoms with van der Waals surface area (Å²) in [6, 6.07) is 7.53. The van der Waals surface area contributed by atoms with Gasteiger partial charge in [-0.05, 0) is 18.6 Å². The van der Waals surface area contributed by atoms with Crippen molar-refractivity contribution in [1.82, 2.24) is 10.2 Å². The molecule has 1 atom stereocenters. The minimum absolute atomic E-state index is 0. The third-order valence-corrected chi connectivity index (χ3v) is 4.59. The lowest BCUT2D eigenvalue weighted by molar-refractivity contribution is 0.186. The molecule has 2 aliphatic heterocycles. The molecular weight excluding hydrogens is 419 g/mol. The summed E-state index contributed by atoms with van der Waals surface area (Å²) in [6.45, 7) is 6.21. The molecule has 134 valence electrons. The first kappa shape index (κ1) is 19.1. The van der Waals surface area contributed by atoms with Crippen LogP contribution in [-0.4, -0.2) is 69.0 Å². The fourth-order valence-corrected chi connectivity index (χ4v) is 3.20. The molecule has 24 heavy (non-hydrogen) atoms. The van der Waals surface area contributed by atoms with Gasteiger partial charge in [0.25, 0.3) is 0 Å². The number of para-hydroxylation sites is 2. The van der Waals surface area contributed by atoms with Crippen LogP contribution >= 0.6 is 24.0 Å². The fourth-order valence-electron chi connectivity index (χ4n) is 3.20. The number of nitrogens with zero attached hydrogens (tertiary/aromatic N) is 3. The zero-order chi connectivity index (χ0) is 16.1. The highest BCUT2D eigenvalue weighted by molar-refractivity contribution is 14.0. The average molecular weight is 446 g/mol. The second-order valence-electron chi connectivity index (χ2n) is 6.12. The SMILES string of the molecule is CN=C(NCC1CCOC1)N1CCN(c2ccccc2O)CC1.I. The standard InChI is InChI=1S/C17H26N4O2.HI/c1-18-17(19-12-14-6-11-23-13-14)21-9-7-20(8-10-21)15-4-2-3-5-16(15)22;/h2-5,14,22H,6-13H2,1H3,(H,18,19);1H. The number of phenolic OH excluding ortho intramolecular Hbond substituents is 1. The van der Waals surface area contributed by atoms with Gasteiger partial charge in [-0.2, -0.15) is 0 Å². The zero-order valence-electron chi connectivity index (χ0n) is 14.1. The highest BCUT2D eigenvalue weighted by Gasteiger charge is 2.22. The molecule has 1 unspecified atom stereocenters. The molecule has 0 amide bonds. The van der Waals surface area contributed by atoms with E-state index in [4.69, 9.17) is 4.74 Å². The summed E-state index contributed by atoms with van der Waals surface area (Å²) in [5.41, 5.74) is 0.915. The van der Waals surface area contributed by atoms with Gasteiger partial charge < -0.3 is 25.0 Å². The quantitative estimate of drug-likeness (QED) is 0.421. The number of nitrogens with one attached hydrogen (secondary N) is 1. The van der Waals surface area contributed by atoms with Crippen LogP contribution in [0.4, 0.5) is 5.69 Å². The molecule has 1 aromatic rings. The van der Waals surface area contributed by atoms with Crippen molar-refractivity contribution in [2.75, 3.05) is 57.9 Å². The Morgan fingerprint density at radius 1 is 1.29 bits per heavy atom. The van der Waals surface area contributed by atoms with Crippen LogP contribution in [0.1, 0.15) is 6.42 Å². The normalized spacial score (nSPS) is 21.5. The molecular formula is C17H27IN4O2. The summed E-state index contributed by atoms with van der Waals surface area (Å²) in [7, 11) is 1.84. The molecule has 2 N–H and O–H groups in total. The van der Waals surface area contributed by atoms with E-state index >= 15 is 0 Å². The smallest absolute Gasteiger partial charge is 0.193 e. The Balaban J connectivity index is 0.00000208. The zero-order valence-corrected chi connectivity index (χ0v) is 16.5. The second kappa shape index (κ2) is 9.31. The highest BCUT2D eigenvalue weighted by Crippen LogP contribution is 2.27. The molecule has 0 bridgehead atoms. The number of hydrogen-bond acceptors (Lipinski definition) is 4. The molecule has 2 heterocycles. The van der Waals surface area contributed by atoms with Crippen molar-refractivity contribution in [3.8, 4) is 5.75 Å². The summed E-state index contributed by atoms with van der Waals surface area (Å²) in [5, 5.41) is 13.5. The molecule has 7 heteroatoms. The molecule has 2 fully saturated rings. The number of benzene rings is 1. The summed E-state index contributed by atoms with van der Waals surface area (Å²) in [5.74, 6) is 1.91. The Morgan fingerprint density at radius 3 is 2.67 bits per heavy atom. The van der Waals surface area contributed by atoms with Crippen molar-refractivity contribution in [2.45, 2.75) is 6.42 Å². The Morgan fingerprint density at radius 2 is 2.04 bits per heavy atom. The van der Waals surface area contributed by atoms with Gasteiger partial charge in [-0.15, -0.1) is 24.0 Å². The Hall–Kier alpha value is -1.22.